The van der Waals surface area contributed by atoms with Crippen molar-refractivity contribution in [3.8, 4) is 0 Å². The van der Waals surface area contributed by atoms with Crippen molar-refractivity contribution in [1.29, 1.82) is 0 Å². The van der Waals surface area contributed by atoms with E-state index in [4.69, 9.17) is 5.84 Å². The summed E-state index contributed by atoms with van der Waals surface area (Å²) in [6.07, 6.45) is -2.02. The molecule has 1 aromatic carbocycles. The molecule has 1 rings (SSSR count). The van der Waals surface area contributed by atoms with Gasteiger partial charge in [0.15, 0.2) is 5.12 Å². The smallest absolute Gasteiger partial charge is 0.185 e. The molecule has 0 saturated carbocycles. The number of thioether (sulfide) groups is 1. The van der Waals surface area contributed by atoms with Crippen molar-refractivity contribution < 1.29 is 15.0 Å². The molecule has 6 heteroatoms. The van der Waals surface area contributed by atoms with Crippen molar-refractivity contribution in [3.05, 3.63) is 29.8 Å². The second kappa shape index (κ2) is 6.61. The second-order valence-electron chi connectivity index (χ2n) is 3.58. The van der Waals surface area contributed by atoms with E-state index in [0.717, 1.165) is 11.8 Å². The minimum absolute atomic E-state index is 0.0892. The van der Waals surface area contributed by atoms with Crippen molar-refractivity contribution in [2.75, 3.05) is 11.2 Å². The molecule has 0 bridgehead atoms. The molecule has 2 atom stereocenters. The average molecular weight is 256 g/mol. The third-order valence-electron chi connectivity index (χ3n) is 2.22. The maximum Gasteiger partial charge on any atom is 0.185 e. The first-order valence-corrected chi connectivity index (χ1v) is 6.09. The lowest BCUT2D eigenvalue weighted by molar-refractivity contribution is -0.109. The summed E-state index contributed by atoms with van der Waals surface area (Å²) in [7, 11) is 0. The third kappa shape index (κ3) is 4.35. The van der Waals surface area contributed by atoms with Crippen LogP contribution in [0.3, 0.4) is 0 Å². The summed E-state index contributed by atoms with van der Waals surface area (Å²) >= 11 is 0.983. The molecule has 94 valence electrons. The van der Waals surface area contributed by atoms with Crippen molar-refractivity contribution in [1.82, 2.24) is 0 Å². The van der Waals surface area contributed by atoms with E-state index < -0.39 is 12.2 Å². The number of nitrogens with two attached hydrogens (primary N) is 1. The Hall–Kier alpha value is -1.08. The summed E-state index contributed by atoms with van der Waals surface area (Å²) in [6.45, 7) is 1.42. The van der Waals surface area contributed by atoms with E-state index in [1.54, 1.807) is 24.3 Å². The predicted octanol–water partition coefficient (Wildman–Crippen LogP) is 0.646. The van der Waals surface area contributed by atoms with Crippen molar-refractivity contribution in [2.24, 2.45) is 5.84 Å². The molecule has 1 aromatic rings. The zero-order chi connectivity index (χ0) is 12.8. The molecule has 0 spiro atoms. The van der Waals surface area contributed by atoms with Gasteiger partial charge in [0.1, 0.15) is 6.10 Å². The summed E-state index contributed by atoms with van der Waals surface area (Å²) < 4.78 is 0. The normalized spacial score (nSPS) is 14.1. The molecular formula is C11H16N2O3S. The molecular weight excluding hydrogens is 240 g/mol. The maximum atomic E-state index is 10.8. The van der Waals surface area contributed by atoms with Crippen LogP contribution in [0.2, 0.25) is 0 Å². The molecule has 0 heterocycles. The number of nitrogens with one attached hydrogen (secondary N) is 1. The lowest BCUT2D eigenvalue weighted by Gasteiger charge is -2.17. The minimum atomic E-state index is -1.03. The first kappa shape index (κ1) is 14.0. The molecule has 0 aromatic heterocycles. The number of carbonyl (C=O) groups excluding carboxylic acids is 1. The molecule has 5 N–H and O–H groups in total. The van der Waals surface area contributed by atoms with Gasteiger partial charge in [-0.3, -0.25) is 10.6 Å². The van der Waals surface area contributed by atoms with Gasteiger partial charge in [-0.1, -0.05) is 23.9 Å². The van der Waals surface area contributed by atoms with Crippen LogP contribution in [0, 0.1) is 0 Å². The number of hydrazine groups is 1. The average Bonchev–Trinajstić information content (AvgIpc) is 2.35. The molecule has 0 amide bonds. The van der Waals surface area contributed by atoms with Crippen molar-refractivity contribution in [3.63, 3.8) is 0 Å². The van der Waals surface area contributed by atoms with Gasteiger partial charge in [0.2, 0.25) is 0 Å². The number of hydrogen-bond donors (Lipinski definition) is 4. The zero-order valence-electron chi connectivity index (χ0n) is 9.46. The highest BCUT2D eigenvalue weighted by molar-refractivity contribution is 8.13. The summed E-state index contributed by atoms with van der Waals surface area (Å²) in [5.41, 5.74) is 3.66. The van der Waals surface area contributed by atoms with Crippen LogP contribution >= 0.6 is 11.8 Å². The molecule has 0 aliphatic rings. The predicted molar refractivity (Wildman–Crippen MR) is 68.4 cm³/mol. The number of benzene rings is 1. The SMILES string of the molecule is CC(=O)SCC(O)C(O)c1cccc(NN)c1. The van der Waals surface area contributed by atoms with Crippen LogP contribution in [0.25, 0.3) is 0 Å². The van der Waals surface area contributed by atoms with Crippen LogP contribution in [0.5, 0.6) is 0 Å². The van der Waals surface area contributed by atoms with E-state index in [0.29, 0.717) is 11.3 Å². The Bertz CT molecular complexity index is 387. The van der Waals surface area contributed by atoms with Gasteiger partial charge in [0.25, 0.3) is 0 Å². The minimum Gasteiger partial charge on any atom is -0.389 e. The van der Waals surface area contributed by atoms with Gasteiger partial charge in [-0.05, 0) is 17.7 Å². The Kier molecular flexibility index (Phi) is 5.43. The summed E-state index contributed by atoms with van der Waals surface area (Å²) in [5.74, 6) is 5.41. The molecule has 0 radical (unpaired) electrons. The number of hydrogen-bond acceptors (Lipinski definition) is 6. The fraction of sp³-hybridized carbons (Fsp3) is 0.364. The molecule has 17 heavy (non-hydrogen) atoms. The van der Waals surface area contributed by atoms with Crippen molar-refractivity contribution in [2.45, 2.75) is 19.1 Å². The highest BCUT2D eigenvalue weighted by Gasteiger charge is 2.19. The van der Waals surface area contributed by atoms with Crippen LogP contribution < -0.4 is 11.3 Å². The van der Waals surface area contributed by atoms with E-state index in [1.807, 2.05) is 0 Å². The second-order valence-corrected chi connectivity index (χ2v) is 4.78. The number of nitrogen functional groups attached to an aromatic ring is 1. The molecule has 5 nitrogen and oxygen atoms in total. The van der Waals surface area contributed by atoms with Crippen LogP contribution in [-0.4, -0.2) is 27.2 Å². The Morgan fingerprint density at radius 1 is 1.53 bits per heavy atom. The zero-order valence-corrected chi connectivity index (χ0v) is 10.3. The first-order chi connectivity index (χ1) is 8.04. The largest absolute Gasteiger partial charge is 0.389 e. The van der Waals surface area contributed by atoms with Crippen molar-refractivity contribution >= 4 is 22.6 Å². The van der Waals surface area contributed by atoms with Gasteiger partial charge in [-0.2, -0.15) is 0 Å². The van der Waals surface area contributed by atoms with Gasteiger partial charge in [-0.15, -0.1) is 0 Å². The number of aliphatic hydroxyl groups excluding tert-OH is 2. The topological polar surface area (TPSA) is 95.6 Å². The lowest BCUT2D eigenvalue weighted by Crippen LogP contribution is -2.21. The first-order valence-electron chi connectivity index (χ1n) is 5.10. The van der Waals surface area contributed by atoms with Crippen LogP contribution in [0.4, 0.5) is 5.69 Å². The molecule has 0 saturated heterocycles. The number of rotatable bonds is 5. The summed E-state index contributed by atoms with van der Waals surface area (Å²) in [6, 6.07) is 6.80. The Labute approximate surface area is 104 Å². The van der Waals surface area contributed by atoms with E-state index in [9.17, 15) is 15.0 Å². The van der Waals surface area contributed by atoms with E-state index in [-0.39, 0.29) is 10.9 Å². The highest BCUT2D eigenvalue weighted by Crippen LogP contribution is 2.22. The highest BCUT2D eigenvalue weighted by atomic mass is 32.2. The standard InChI is InChI=1S/C11H16N2O3S/c1-7(14)17-6-10(15)11(16)8-3-2-4-9(5-8)13-12/h2-5,10-11,13,15-16H,6,12H2,1H3. The van der Waals surface area contributed by atoms with E-state index >= 15 is 0 Å². The molecule has 0 aliphatic heterocycles. The monoisotopic (exact) mass is 256 g/mol. The Morgan fingerprint density at radius 2 is 2.24 bits per heavy atom. The van der Waals surface area contributed by atoms with Gasteiger partial charge in [-0.25, -0.2) is 0 Å². The molecule has 0 fully saturated rings. The molecule has 2 unspecified atom stereocenters. The fourth-order valence-corrected chi connectivity index (χ4v) is 1.92. The Balaban J connectivity index is 2.66. The third-order valence-corrected chi connectivity index (χ3v) is 3.13. The number of carbonyl (C=O) groups is 1. The van der Waals surface area contributed by atoms with Gasteiger partial charge < -0.3 is 15.6 Å². The van der Waals surface area contributed by atoms with Crippen LogP contribution in [0.1, 0.15) is 18.6 Å². The number of anilines is 1. The number of aliphatic hydroxyl groups is 2. The van der Waals surface area contributed by atoms with Crippen LogP contribution in [-0.2, 0) is 4.79 Å². The summed E-state index contributed by atoms with van der Waals surface area (Å²) in [4.78, 5) is 10.8. The Morgan fingerprint density at radius 3 is 2.82 bits per heavy atom. The lowest BCUT2D eigenvalue weighted by atomic mass is 10.1. The van der Waals surface area contributed by atoms with Gasteiger partial charge in [0, 0.05) is 18.4 Å². The maximum absolute atomic E-state index is 10.8. The van der Waals surface area contributed by atoms with Gasteiger partial charge in [0.05, 0.1) is 6.10 Å². The molecule has 0 aliphatic carbocycles. The van der Waals surface area contributed by atoms with E-state index in [1.165, 1.54) is 6.92 Å². The van der Waals surface area contributed by atoms with Gasteiger partial charge >= 0.3 is 0 Å². The quantitative estimate of drug-likeness (QED) is 0.456. The fourth-order valence-electron chi connectivity index (χ4n) is 1.33. The van der Waals surface area contributed by atoms with E-state index in [2.05, 4.69) is 5.43 Å². The van der Waals surface area contributed by atoms with Crippen LogP contribution in [0.15, 0.2) is 24.3 Å². The summed E-state index contributed by atoms with van der Waals surface area (Å²) in [5, 5.41) is 19.5.